The van der Waals surface area contributed by atoms with E-state index in [1.54, 1.807) is 6.26 Å². The first-order valence-corrected chi connectivity index (χ1v) is 5.69. The Labute approximate surface area is 99.3 Å². The Bertz CT molecular complexity index is 526. The number of furan rings is 1. The van der Waals surface area contributed by atoms with E-state index in [-0.39, 0.29) is 6.04 Å². The average Bonchev–Trinajstić information content (AvgIpc) is 2.78. The zero-order chi connectivity index (χ0) is 11.9. The molecule has 1 saturated heterocycles. The van der Waals surface area contributed by atoms with Gasteiger partial charge in [0.15, 0.2) is 5.79 Å². The first kappa shape index (κ1) is 10.8. The van der Waals surface area contributed by atoms with E-state index in [9.17, 15) is 0 Å². The van der Waals surface area contributed by atoms with E-state index in [1.807, 2.05) is 31.2 Å². The third kappa shape index (κ3) is 1.74. The summed E-state index contributed by atoms with van der Waals surface area (Å²) in [6.07, 6.45) is 1.70. The zero-order valence-corrected chi connectivity index (χ0v) is 9.68. The van der Waals surface area contributed by atoms with Crippen LogP contribution in [0.3, 0.4) is 0 Å². The lowest BCUT2D eigenvalue weighted by Gasteiger charge is -2.36. The number of nitrogens with two attached hydrogens (primary N) is 1. The summed E-state index contributed by atoms with van der Waals surface area (Å²) in [5, 5.41) is 1.02. The van der Waals surface area contributed by atoms with Gasteiger partial charge < -0.3 is 19.6 Å². The van der Waals surface area contributed by atoms with Gasteiger partial charge in [-0.15, -0.1) is 0 Å². The molecule has 1 aliphatic rings. The van der Waals surface area contributed by atoms with Crippen LogP contribution in [0.5, 0.6) is 0 Å². The predicted octanol–water partition coefficient (Wildman–Crippen LogP) is 1.98. The number of hydrogen-bond donors (Lipinski definition) is 1. The van der Waals surface area contributed by atoms with Gasteiger partial charge >= 0.3 is 0 Å². The van der Waals surface area contributed by atoms with Gasteiger partial charge in [-0.05, 0) is 13.0 Å². The molecule has 0 amide bonds. The summed E-state index contributed by atoms with van der Waals surface area (Å²) >= 11 is 0. The topological polar surface area (TPSA) is 57.6 Å². The van der Waals surface area contributed by atoms with Crippen LogP contribution in [0.2, 0.25) is 0 Å². The smallest absolute Gasteiger partial charge is 0.195 e. The molecule has 1 aromatic heterocycles. The fraction of sp³-hybridized carbons (Fsp3) is 0.385. The molecule has 3 rings (SSSR count). The highest BCUT2D eigenvalue weighted by atomic mass is 16.7. The Hall–Kier alpha value is -1.36. The second kappa shape index (κ2) is 3.84. The number of rotatable bonds is 1. The molecule has 2 heterocycles. The van der Waals surface area contributed by atoms with Crippen molar-refractivity contribution in [3.8, 4) is 0 Å². The van der Waals surface area contributed by atoms with Crippen molar-refractivity contribution in [1.82, 2.24) is 0 Å². The summed E-state index contributed by atoms with van der Waals surface area (Å²) < 4.78 is 16.9. The van der Waals surface area contributed by atoms with Gasteiger partial charge in [0.25, 0.3) is 0 Å². The van der Waals surface area contributed by atoms with Crippen molar-refractivity contribution in [2.45, 2.75) is 18.8 Å². The van der Waals surface area contributed by atoms with E-state index < -0.39 is 5.79 Å². The molecule has 0 atom stereocenters. The lowest BCUT2D eigenvalue weighted by Crippen LogP contribution is -2.45. The SMILES string of the molecule is CC1(c2coc3ccccc23)OCC(N)CO1. The Morgan fingerprint density at radius 3 is 2.71 bits per heavy atom. The molecule has 1 aliphatic heterocycles. The van der Waals surface area contributed by atoms with Crippen LogP contribution in [-0.2, 0) is 15.3 Å². The van der Waals surface area contributed by atoms with Crippen LogP contribution in [-0.4, -0.2) is 19.3 Å². The molecule has 4 heteroatoms. The normalized spacial score (nSPS) is 29.6. The van der Waals surface area contributed by atoms with Crippen LogP contribution in [0.1, 0.15) is 12.5 Å². The maximum absolute atomic E-state index is 5.75. The molecule has 4 nitrogen and oxygen atoms in total. The van der Waals surface area contributed by atoms with Crippen molar-refractivity contribution in [3.63, 3.8) is 0 Å². The van der Waals surface area contributed by atoms with Crippen LogP contribution in [0, 0.1) is 0 Å². The number of para-hydroxylation sites is 1. The fourth-order valence-electron chi connectivity index (χ4n) is 2.11. The maximum Gasteiger partial charge on any atom is 0.195 e. The summed E-state index contributed by atoms with van der Waals surface area (Å²) in [5.41, 5.74) is 7.50. The quantitative estimate of drug-likeness (QED) is 0.818. The summed E-state index contributed by atoms with van der Waals surface area (Å²) in [7, 11) is 0. The van der Waals surface area contributed by atoms with E-state index in [2.05, 4.69) is 0 Å². The summed E-state index contributed by atoms with van der Waals surface area (Å²) in [6.45, 7) is 2.89. The van der Waals surface area contributed by atoms with Gasteiger partial charge in [-0.3, -0.25) is 0 Å². The number of ether oxygens (including phenoxy) is 2. The summed E-state index contributed by atoms with van der Waals surface area (Å²) in [5.74, 6) is -0.761. The highest BCUT2D eigenvalue weighted by Crippen LogP contribution is 2.35. The zero-order valence-electron chi connectivity index (χ0n) is 9.68. The summed E-state index contributed by atoms with van der Waals surface area (Å²) in [6, 6.07) is 7.79. The molecule has 0 saturated carbocycles. The molecule has 0 radical (unpaired) electrons. The maximum atomic E-state index is 5.75. The van der Waals surface area contributed by atoms with Gasteiger partial charge in [-0.1, -0.05) is 18.2 Å². The third-order valence-electron chi connectivity index (χ3n) is 3.12. The van der Waals surface area contributed by atoms with Crippen molar-refractivity contribution >= 4 is 11.0 Å². The number of benzene rings is 1. The van der Waals surface area contributed by atoms with Crippen LogP contribution in [0.25, 0.3) is 11.0 Å². The standard InChI is InChI=1S/C13H15NO3/c1-13(16-6-9(14)7-17-13)11-8-15-12-5-3-2-4-10(11)12/h2-5,8-9H,6-7,14H2,1H3. The lowest BCUT2D eigenvalue weighted by atomic mass is 10.1. The van der Waals surface area contributed by atoms with Gasteiger partial charge in [0.05, 0.1) is 24.8 Å². The van der Waals surface area contributed by atoms with Gasteiger partial charge in [0, 0.05) is 5.39 Å². The molecule has 0 aliphatic carbocycles. The second-order valence-corrected chi connectivity index (χ2v) is 4.47. The lowest BCUT2D eigenvalue weighted by molar-refractivity contribution is -0.269. The van der Waals surface area contributed by atoms with E-state index >= 15 is 0 Å². The molecule has 2 N–H and O–H groups in total. The van der Waals surface area contributed by atoms with E-state index in [0.717, 1.165) is 16.5 Å². The molecule has 0 bridgehead atoms. The molecule has 90 valence electrons. The highest BCUT2D eigenvalue weighted by molar-refractivity contribution is 5.81. The van der Waals surface area contributed by atoms with Crippen molar-refractivity contribution in [3.05, 3.63) is 36.1 Å². The minimum atomic E-state index is -0.761. The molecule has 2 aromatic rings. The monoisotopic (exact) mass is 233 g/mol. The van der Waals surface area contributed by atoms with Crippen molar-refractivity contribution in [2.24, 2.45) is 5.73 Å². The predicted molar refractivity (Wildman–Crippen MR) is 63.4 cm³/mol. The molecule has 1 aromatic carbocycles. The molecular weight excluding hydrogens is 218 g/mol. The second-order valence-electron chi connectivity index (χ2n) is 4.47. The first-order valence-electron chi connectivity index (χ1n) is 5.69. The third-order valence-corrected chi connectivity index (χ3v) is 3.12. The molecule has 0 unspecified atom stereocenters. The molecule has 17 heavy (non-hydrogen) atoms. The minimum absolute atomic E-state index is 0.0544. The van der Waals surface area contributed by atoms with Crippen molar-refractivity contribution in [1.29, 1.82) is 0 Å². The van der Waals surface area contributed by atoms with Gasteiger partial charge in [-0.2, -0.15) is 0 Å². The van der Waals surface area contributed by atoms with Crippen LogP contribution >= 0.6 is 0 Å². The Kier molecular flexibility index (Phi) is 2.43. The minimum Gasteiger partial charge on any atom is -0.464 e. The number of hydrogen-bond acceptors (Lipinski definition) is 4. The average molecular weight is 233 g/mol. The van der Waals surface area contributed by atoms with Gasteiger partial charge in [0.1, 0.15) is 11.8 Å². The van der Waals surface area contributed by atoms with Crippen LogP contribution in [0.15, 0.2) is 34.9 Å². The number of fused-ring (bicyclic) bond motifs is 1. The summed E-state index contributed by atoms with van der Waals surface area (Å²) in [4.78, 5) is 0. The van der Waals surface area contributed by atoms with Gasteiger partial charge in [0.2, 0.25) is 0 Å². The fourth-order valence-corrected chi connectivity index (χ4v) is 2.11. The van der Waals surface area contributed by atoms with E-state index in [1.165, 1.54) is 0 Å². The highest BCUT2D eigenvalue weighted by Gasteiger charge is 2.36. The Balaban J connectivity index is 2.03. The van der Waals surface area contributed by atoms with Crippen LogP contribution in [0.4, 0.5) is 0 Å². The molecule has 0 spiro atoms. The van der Waals surface area contributed by atoms with E-state index in [4.69, 9.17) is 19.6 Å². The molecule has 1 fully saturated rings. The largest absolute Gasteiger partial charge is 0.464 e. The Morgan fingerprint density at radius 2 is 1.94 bits per heavy atom. The van der Waals surface area contributed by atoms with Crippen LogP contribution < -0.4 is 5.73 Å². The van der Waals surface area contributed by atoms with Gasteiger partial charge in [-0.25, -0.2) is 0 Å². The van der Waals surface area contributed by atoms with Crippen molar-refractivity contribution < 1.29 is 13.9 Å². The molecular formula is C13H15NO3. The van der Waals surface area contributed by atoms with E-state index in [0.29, 0.717) is 13.2 Å². The Morgan fingerprint density at radius 1 is 1.24 bits per heavy atom. The first-order chi connectivity index (χ1) is 8.19. The van der Waals surface area contributed by atoms with Crippen molar-refractivity contribution in [2.75, 3.05) is 13.2 Å².